The lowest BCUT2D eigenvalue weighted by molar-refractivity contribution is -0.156. The average molecular weight is 341 g/mol. The van der Waals surface area contributed by atoms with Crippen LogP contribution in [-0.4, -0.2) is 28.3 Å². The molecule has 2 heterocycles. The normalized spacial score (nSPS) is 20.7. The maximum Gasteiger partial charge on any atom is 0.309 e. The first-order valence-electron chi connectivity index (χ1n) is 8.22. The second kappa shape index (κ2) is 7.15. The number of carbonyl (C=O) groups is 1. The lowest BCUT2D eigenvalue weighted by Crippen LogP contribution is -2.31. The van der Waals surface area contributed by atoms with Crippen LogP contribution in [0.2, 0.25) is 0 Å². The van der Waals surface area contributed by atoms with Crippen molar-refractivity contribution in [2.45, 2.75) is 38.9 Å². The number of nitrogens with zero attached hydrogens (tertiary/aromatic N) is 1. The lowest BCUT2D eigenvalue weighted by Gasteiger charge is -2.23. The lowest BCUT2D eigenvalue weighted by atomic mass is 9.96. The molecule has 25 heavy (non-hydrogen) atoms. The first kappa shape index (κ1) is 17.3. The monoisotopic (exact) mass is 341 g/mol. The Kier molecular flexibility index (Phi) is 4.95. The van der Waals surface area contributed by atoms with E-state index in [1.165, 1.54) is 12.1 Å². The van der Waals surface area contributed by atoms with Gasteiger partial charge in [-0.15, -0.1) is 0 Å². The van der Waals surface area contributed by atoms with Crippen molar-refractivity contribution in [1.82, 2.24) is 4.98 Å². The van der Waals surface area contributed by atoms with Gasteiger partial charge in [-0.05, 0) is 49.2 Å². The fourth-order valence-electron chi connectivity index (χ4n) is 3.05. The molecule has 0 unspecified atom stereocenters. The number of rotatable bonds is 3. The second-order valence-electron chi connectivity index (χ2n) is 6.30. The molecule has 1 aromatic heterocycles. The molecule has 1 aromatic carbocycles. The highest BCUT2D eigenvalue weighted by Crippen LogP contribution is 2.28. The topological polar surface area (TPSA) is 59.4 Å². The molecule has 2 atom stereocenters. The molecule has 1 fully saturated rings. The molecule has 0 amide bonds. The summed E-state index contributed by atoms with van der Waals surface area (Å²) in [6.45, 7) is 3.81. The summed E-state index contributed by atoms with van der Waals surface area (Å²) in [5.41, 5.74) is 4.40. The number of aliphatic hydroxyl groups is 1. The first-order valence-corrected chi connectivity index (χ1v) is 8.22. The van der Waals surface area contributed by atoms with Gasteiger partial charge in [-0.2, -0.15) is 0 Å². The van der Waals surface area contributed by atoms with Crippen LogP contribution in [0.1, 0.15) is 29.8 Å². The molecule has 0 saturated carbocycles. The molecule has 0 radical (unpaired) electrons. The van der Waals surface area contributed by atoms with Crippen molar-refractivity contribution in [3.63, 3.8) is 0 Å². The molecular weight excluding hydrogens is 321 g/mol. The summed E-state index contributed by atoms with van der Waals surface area (Å²) in [4.78, 5) is 16.0. The van der Waals surface area contributed by atoms with Crippen LogP contribution in [-0.2, 0) is 9.53 Å². The van der Waals surface area contributed by atoms with E-state index in [1.54, 1.807) is 18.2 Å². The molecule has 1 aliphatic rings. The zero-order valence-electron chi connectivity index (χ0n) is 14.2. The van der Waals surface area contributed by atoms with E-state index in [4.69, 9.17) is 4.74 Å². The molecular formula is C20H20FNO3. The summed E-state index contributed by atoms with van der Waals surface area (Å²) in [7, 11) is 0. The molecule has 0 aliphatic carbocycles. The van der Waals surface area contributed by atoms with Crippen LogP contribution >= 0.6 is 0 Å². The van der Waals surface area contributed by atoms with Gasteiger partial charge in [0.15, 0.2) is 0 Å². The molecule has 3 rings (SSSR count). The van der Waals surface area contributed by atoms with Crippen molar-refractivity contribution in [3.8, 4) is 11.1 Å². The zero-order valence-corrected chi connectivity index (χ0v) is 14.2. The highest BCUT2D eigenvalue weighted by molar-refractivity contribution is 5.77. The van der Waals surface area contributed by atoms with Crippen LogP contribution < -0.4 is 0 Å². The minimum atomic E-state index is -0.676. The van der Waals surface area contributed by atoms with Gasteiger partial charge in [0.05, 0.1) is 12.5 Å². The Morgan fingerprint density at radius 3 is 2.68 bits per heavy atom. The van der Waals surface area contributed by atoms with Crippen LogP contribution in [0.4, 0.5) is 4.39 Å². The molecule has 1 saturated heterocycles. The molecule has 2 aromatic rings. The third-order valence-corrected chi connectivity index (χ3v) is 4.20. The van der Waals surface area contributed by atoms with E-state index < -0.39 is 18.2 Å². The van der Waals surface area contributed by atoms with Crippen LogP contribution in [0, 0.1) is 19.7 Å². The van der Waals surface area contributed by atoms with E-state index in [0.717, 1.165) is 28.1 Å². The van der Waals surface area contributed by atoms with E-state index in [2.05, 4.69) is 4.98 Å². The van der Waals surface area contributed by atoms with Crippen LogP contribution in [0.5, 0.6) is 0 Å². The molecule has 0 spiro atoms. The Morgan fingerprint density at radius 2 is 2.00 bits per heavy atom. The number of ether oxygens (including phenoxy) is 1. The van der Waals surface area contributed by atoms with Crippen LogP contribution in [0.25, 0.3) is 17.2 Å². The Balaban J connectivity index is 1.96. The summed E-state index contributed by atoms with van der Waals surface area (Å²) in [6.07, 6.45) is 2.91. The minimum absolute atomic E-state index is 0.0380. The summed E-state index contributed by atoms with van der Waals surface area (Å²) < 4.78 is 18.5. The van der Waals surface area contributed by atoms with Crippen molar-refractivity contribution in [3.05, 3.63) is 59.2 Å². The zero-order chi connectivity index (χ0) is 18.0. The number of aliphatic hydroxyl groups excluding tert-OH is 1. The Labute approximate surface area is 146 Å². The van der Waals surface area contributed by atoms with Gasteiger partial charge in [0.1, 0.15) is 11.9 Å². The maximum atomic E-state index is 13.2. The number of aryl methyl sites for hydroxylation is 2. The third-order valence-electron chi connectivity index (χ3n) is 4.20. The Hall–Kier alpha value is -2.53. The predicted molar refractivity (Wildman–Crippen MR) is 93.3 cm³/mol. The summed E-state index contributed by atoms with van der Waals surface area (Å²) >= 11 is 0. The van der Waals surface area contributed by atoms with Crippen LogP contribution in [0.3, 0.4) is 0 Å². The maximum absolute atomic E-state index is 13.2. The van der Waals surface area contributed by atoms with Crippen molar-refractivity contribution >= 4 is 12.0 Å². The molecule has 130 valence electrons. The van der Waals surface area contributed by atoms with Gasteiger partial charge in [0.25, 0.3) is 0 Å². The Bertz CT molecular complexity index is 814. The van der Waals surface area contributed by atoms with Crippen molar-refractivity contribution in [2.24, 2.45) is 0 Å². The smallest absolute Gasteiger partial charge is 0.309 e. The van der Waals surface area contributed by atoms with Gasteiger partial charge in [-0.1, -0.05) is 18.2 Å². The SMILES string of the molecule is Cc1cc(-c2ccc(F)cc2)c(C=C[C@@H]2C[C@@H](O)CC(=O)O2)c(C)n1. The number of esters is 1. The van der Waals surface area contributed by atoms with Gasteiger partial charge in [-0.25, -0.2) is 4.39 Å². The highest BCUT2D eigenvalue weighted by Gasteiger charge is 2.25. The number of hydrogen-bond donors (Lipinski definition) is 1. The van der Waals surface area contributed by atoms with Gasteiger partial charge >= 0.3 is 5.97 Å². The van der Waals surface area contributed by atoms with E-state index in [9.17, 15) is 14.3 Å². The summed E-state index contributed by atoms with van der Waals surface area (Å²) in [5, 5.41) is 9.71. The predicted octanol–water partition coefficient (Wildman–Crippen LogP) is 3.58. The molecule has 1 N–H and O–H groups in total. The van der Waals surface area contributed by atoms with E-state index in [1.807, 2.05) is 26.0 Å². The van der Waals surface area contributed by atoms with E-state index in [-0.39, 0.29) is 12.2 Å². The number of cyclic esters (lactones) is 1. The number of aromatic nitrogens is 1. The summed E-state index contributed by atoms with van der Waals surface area (Å²) in [5.74, 6) is -0.683. The van der Waals surface area contributed by atoms with Gasteiger partial charge in [-0.3, -0.25) is 9.78 Å². The second-order valence-corrected chi connectivity index (χ2v) is 6.30. The average Bonchev–Trinajstić information content (AvgIpc) is 2.53. The standard InChI is InChI=1S/C20H20FNO3/c1-12-9-19(14-3-5-15(21)6-4-14)18(13(2)22-12)8-7-17-10-16(23)11-20(24)25-17/h3-9,16-17,23H,10-11H2,1-2H3/t16-,17-/m1/s1. The number of hydrogen-bond acceptors (Lipinski definition) is 4. The quantitative estimate of drug-likeness (QED) is 0.867. The van der Waals surface area contributed by atoms with Crippen molar-refractivity contribution in [2.75, 3.05) is 0 Å². The third kappa shape index (κ3) is 4.12. The van der Waals surface area contributed by atoms with Crippen LogP contribution in [0.15, 0.2) is 36.4 Å². The largest absolute Gasteiger partial charge is 0.458 e. The Morgan fingerprint density at radius 1 is 1.28 bits per heavy atom. The van der Waals surface area contributed by atoms with E-state index >= 15 is 0 Å². The van der Waals surface area contributed by atoms with Crippen molar-refractivity contribution in [1.29, 1.82) is 0 Å². The first-order chi connectivity index (χ1) is 11.9. The number of carbonyl (C=O) groups excluding carboxylic acids is 1. The van der Waals surface area contributed by atoms with E-state index in [0.29, 0.717) is 6.42 Å². The number of halogens is 1. The fraction of sp³-hybridized carbons (Fsp3) is 0.300. The highest BCUT2D eigenvalue weighted by atomic mass is 19.1. The molecule has 0 bridgehead atoms. The van der Waals surface area contributed by atoms with Gasteiger partial charge < -0.3 is 9.84 Å². The molecule has 1 aliphatic heterocycles. The van der Waals surface area contributed by atoms with Gasteiger partial charge in [0.2, 0.25) is 0 Å². The molecule has 5 heteroatoms. The number of benzene rings is 1. The van der Waals surface area contributed by atoms with Gasteiger partial charge in [0, 0.05) is 23.4 Å². The summed E-state index contributed by atoms with van der Waals surface area (Å²) in [6, 6.07) is 8.25. The number of pyridine rings is 1. The minimum Gasteiger partial charge on any atom is -0.458 e. The molecule has 4 nitrogen and oxygen atoms in total. The fourth-order valence-corrected chi connectivity index (χ4v) is 3.05. The van der Waals surface area contributed by atoms with Crippen molar-refractivity contribution < 1.29 is 19.0 Å².